The summed E-state index contributed by atoms with van der Waals surface area (Å²) < 4.78 is 27.4. The molecule has 0 radical (unpaired) electrons. The highest BCUT2D eigenvalue weighted by molar-refractivity contribution is 7.89. The first kappa shape index (κ1) is 17.4. The summed E-state index contributed by atoms with van der Waals surface area (Å²) in [7, 11) is -3.43. The number of carbonyl (C=O) groups excluding carboxylic acids is 1. The maximum Gasteiger partial charge on any atom is 0.243 e. The molecule has 2 heterocycles. The van der Waals surface area contributed by atoms with Gasteiger partial charge in [0.05, 0.1) is 4.90 Å². The number of aryl methyl sites for hydroxylation is 1. The Labute approximate surface area is 144 Å². The zero-order chi connectivity index (χ0) is 17.4. The van der Waals surface area contributed by atoms with Crippen LogP contribution in [0.1, 0.15) is 38.2 Å². The van der Waals surface area contributed by atoms with Crippen LogP contribution in [0.3, 0.4) is 0 Å². The molecule has 0 bridgehead atoms. The Hall–Kier alpha value is -1.40. The van der Waals surface area contributed by atoms with Gasteiger partial charge in [-0.25, -0.2) is 8.42 Å². The van der Waals surface area contributed by atoms with E-state index in [9.17, 15) is 13.2 Å². The van der Waals surface area contributed by atoms with Gasteiger partial charge in [-0.2, -0.15) is 4.31 Å². The van der Waals surface area contributed by atoms with Crippen molar-refractivity contribution in [3.05, 3.63) is 29.8 Å². The summed E-state index contributed by atoms with van der Waals surface area (Å²) in [5, 5.41) is 0. The lowest BCUT2D eigenvalue weighted by Crippen LogP contribution is -2.52. The molecule has 2 aliphatic rings. The zero-order valence-electron chi connectivity index (χ0n) is 14.5. The molecule has 1 spiro atoms. The SMILES string of the molecule is CCN1CC2(CCC1=O)CCN(S(=O)(=O)c1ccccc1C)CC2. The summed E-state index contributed by atoms with van der Waals surface area (Å²) in [6, 6.07) is 7.16. The van der Waals surface area contributed by atoms with Crippen LogP contribution in [0.25, 0.3) is 0 Å². The molecule has 1 aromatic rings. The Morgan fingerprint density at radius 2 is 1.79 bits per heavy atom. The predicted octanol–water partition coefficient (Wildman–Crippen LogP) is 2.41. The second-order valence-corrected chi connectivity index (χ2v) is 8.98. The monoisotopic (exact) mass is 350 g/mol. The molecular weight excluding hydrogens is 324 g/mol. The van der Waals surface area contributed by atoms with E-state index in [4.69, 9.17) is 0 Å². The van der Waals surface area contributed by atoms with Crippen molar-refractivity contribution < 1.29 is 13.2 Å². The van der Waals surface area contributed by atoms with Crippen LogP contribution in [0.4, 0.5) is 0 Å². The van der Waals surface area contributed by atoms with Crippen LogP contribution in [0, 0.1) is 12.3 Å². The van der Waals surface area contributed by atoms with E-state index < -0.39 is 10.0 Å². The number of amides is 1. The molecule has 2 aliphatic heterocycles. The summed E-state index contributed by atoms with van der Waals surface area (Å²) in [5.74, 6) is 0.234. The van der Waals surface area contributed by atoms with Gasteiger partial charge >= 0.3 is 0 Å². The number of rotatable bonds is 3. The van der Waals surface area contributed by atoms with Gasteiger partial charge in [0.2, 0.25) is 15.9 Å². The number of benzene rings is 1. The highest BCUT2D eigenvalue weighted by Gasteiger charge is 2.42. The Morgan fingerprint density at radius 1 is 1.12 bits per heavy atom. The van der Waals surface area contributed by atoms with Gasteiger partial charge in [0.25, 0.3) is 0 Å². The first-order chi connectivity index (χ1) is 11.4. The van der Waals surface area contributed by atoms with Gasteiger partial charge in [0.15, 0.2) is 0 Å². The number of nitrogens with zero attached hydrogens (tertiary/aromatic N) is 2. The molecule has 2 saturated heterocycles. The molecule has 24 heavy (non-hydrogen) atoms. The maximum atomic E-state index is 12.9. The largest absolute Gasteiger partial charge is 0.342 e. The minimum atomic E-state index is -3.43. The minimum Gasteiger partial charge on any atom is -0.342 e. The van der Waals surface area contributed by atoms with E-state index in [2.05, 4.69) is 0 Å². The van der Waals surface area contributed by atoms with Gasteiger partial charge in [0, 0.05) is 32.6 Å². The van der Waals surface area contributed by atoms with Crippen LogP contribution in [-0.4, -0.2) is 49.7 Å². The van der Waals surface area contributed by atoms with Crippen molar-refractivity contribution in [3.8, 4) is 0 Å². The molecule has 0 aliphatic carbocycles. The van der Waals surface area contributed by atoms with Crippen molar-refractivity contribution in [1.29, 1.82) is 0 Å². The molecule has 0 aromatic heterocycles. The third kappa shape index (κ3) is 3.09. The third-order valence-electron chi connectivity index (χ3n) is 5.62. The van der Waals surface area contributed by atoms with Gasteiger partial charge in [-0.05, 0) is 50.2 Å². The Kier molecular flexibility index (Phi) is 4.71. The Bertz CT molecular complexity index is 722. The van der Waals surface area contributed by atoms with Crippen molar-refractivity contribution >= 4 is 15.9 Å². The molecule has 3 rings (SSSR count). The summed E-state index contributed by atoms with van der Waals surface area (Å²) >= 11 is 0. The van der Waals surface area contributed by atoms with Crippen molar-refractivity contribution in [2.75, 3.05) is 26.2 Å². The standard InChI is InChI=1S/C18H26N2O3S/c1-3-19-14-18(9-8-17(19)21)10-12-20(13-11-18)24(22,23)16-7-5-4-6-15(16)2/h4-7H,3,8-14H2,1-2H3. The fourth-order valence-corrected chi connectivity index (χ4v) is 5.65. The number of carbonyl (C=O) groups is 1. The van der Waals surface area contributed by atoms with Crippen LogP contribution in [0.5, 0.6) is 0 Å². The smallest absolute Gasteiger partial charge is 0.243 e. The van der Waals surface area contributed by atoms with E-state index >= 15 is 0 Å². The van der Waals surface area contributed by atoms with Gasteiger partial charge in [0.1, 0.15) is 0 Å². The molecule has 0 atom stereocenters. The fourth-order valence-electron chi connectivity index (χ4n) is 3.98. The summed E-state index contributed by atoms with van der Waals surface area (Å²) in [6.45, 7) is 6.45. The predicted molar refractivity (Wildman–Crippen MR) is 93.1 cm³/mol. The fraction of sp³-hybridized carbons (Fsp3) is 0.611. The van der Waals surface area contributed by atoms with E-state index in [1.807, 2.05) is 30.9 Å². The quantitative estimate of drug-likeness (QED) is 0.841. The van der Waals surface area contributed by atoms with E-state index in [1.54, 1.807) is 16.4 Å². The lowest BCUT2D eigenvalue weighted by atomic mass is 9.73. The van der Waals surface area contributed by atoms with Gasteiger partial charge < -0.3 is 4.90 Å². The molecule has 132 valence electrons. The van der Waals surface area contributed by atoms with Crippen molar-refractivity contribution in [2.45, 2.75) is 44.4 Å². The number of likely N-dealkylation sites (tertiary alicyclic amines) is 1. The zero-order valence-corrected chi connectivity index (χ0v) is 15.3. The molecule has 0 saturated carbocycles. The lowest BCUT2D eigenvalue weighted by molar-refractivity contribution is -0.138. The Balaban J connectivity index is 1.73. The molecule has 0 unspecified atom stereocenters. The molecule has 1 amide bonds. The van der Waals surface area contributed by atoms with Gasteiger partial charge in [-0.3, -0.25) is 4.79 Å². The molecule has 6 heteroatoms. The molecule has 2 fully saturated rings. The normalized spacial score (nSPS) is 22.1. The van der Waals surface area contributed by atoms with Crippen molar-refractivity contribution in [1.82, 2.24) is 9.21 Å². The number of hydrogen-bond acceptors (Lipinski definition) is 3. The van der Waals surface area contributed by atoms with Gasteiger partial charge in [-0.15, -0.1) is 0 Å². The third-order valence-corrected chi connectivity index (χ3v) is 7.68. The molecule has 1 aromatic carbocycles. The number of hydrogen-bond donors (Lipinski definition) is 0. The number of piperidine rings is 2. The van der Waals surface area contributed by atoms with Crippen LogP contribution < -0.4 is 0 Å². The highest BCUT2D eigenvalue weighted by Crippen LogP contribution is 2.41. The van der Waals surface area contributed by atoms with Crippen LogP contribution >= 0.6 is 0 Å². The topological polar surface area (TPSA) is 57.7 Å². The first-order valence-electron chi connectivity index (χ1n) is 8.71. The highest BCUT2D eigenvalue weighted by atomic mass is 32.2. The van der Waals surface area contributed by atoms with E-state index in [0.717, 1.165) is 37.9 Å². The summed E-state index contributed by atoms with van der Waals surface area (Å²) in [4.78, 5) is 14.3. The van der Waals surface area contributed by atoms with E-state index in [0.29, 0.717) is 24.4 Å². The molecule has 0 N–H and O–H groups in total. The summed E-state index contributed by atoms with van der Waals surface area (Å²) in [6.07, 6.45) is 3.16. The minimum absolute atomic E-state index is 0.0989. The van der Waals surface area contributed by atoms with Crippen LogP contribution in [0.2, 0.25) is 0 Å². The maximum absolute atomic E-state index is 12.9. The number of sulfonamides is 1. The lowest BCUT2D eigenvalue weighted by Gasteiger charge is -2.47. The second kappa shape index (κ2) is 6.48. The van der Waals surface area contributed by atoms with Gasteiger partial charge in [-0.1, -0.05) is 18.2 Å². The average molecular weight is 350 g/mol. The Morgan fingerprint density at radius 3 is 2.42 bits per heavy atom. The summed E-state index contributed by atoms with van der Waals surface area (Å²) in [5.41, 5.74) is 0.889. The van der Waals surface area contributed by atoms with Crippen molar-refractivity contribution in [3.63, 3.8) is 0 Å². The first-order valence-corrected chi connectivity index (χ1v) is 10.2. The van der Waals surface area contributed by atoms with E-state index in [-0.39, 0.29) is 11.3 Å². The van der Waals surface area contributed by atoms with Crippen LogP contribution in [0.15, 0.2) is 29.2 Å². The van der Waals surface area contributed by atoms with Crippen LogP contribution in [-0.2, 0) is 14.8 Å². The second-order valence-electron chi connectivity index (χ2n) is 7.08. The van der Waals surface area contributed by atoms with Crippen molar-refractivity contribution in [2.24, 2.45) is 5.41 Å². The average Bonchev–Trinajstić information content (AvgIpc) is 2.58. The van der Waals surface area contributed by atoms with E-state index in [1.165, 1.54) is 0 Å². The molecular formula is C18H26N2O3S. The molecule has 5 nitrogen and oxygen atoms in total.